The molecule has 0 aromatic heterocycles. The normalized spacial score (nSPS) is 21.7. The van der Waals surface area contributed by atoms with Gasteiger partial charge in [0.15, 0.2) is 0 Å². The summed E-state index contributed by atoms with van der Waals surface area (Å²) in [5, 5.41) is 6.62. The summed E-state index contributed by atoms with van der Waals surface area (Å²) in [7, 11) is 0. The number of nitrogens with zero attached hydrogens (tertiary/aromatic N) is 1. The van der Waals surface area contributed by atoms with E-state index < -0.39 is 0 Å². The fraction of sp³-hybridized carbons (Fsp3) is 0.562. The van der Waals surface area contributed by atoms with E-state index in [0.29, 0.717) is 0 Å². The zero-order valence-corrected chi connectivity index (χ0v) is 11.9. The molecular formula is C16H23N3O. The molecule has 3 rings (SSSR count). The molecule has 1 heterocycles. The summed E-state index contributed by atoms with van der Waals surface area (Å²) >= 11 is 0. The Morgan fingerprint density at radius 1 is 1.10 bits per heavy atom. The van der Waals surface area contributed by atoms with Gasteiger partial charge in [-0.3, -0.25) is 0 Å². The van der Waals surface area contributed by atoms with Crippen LogP contribution in [0, 0.1) is 0 Å². The van der Waals surface area contributed by atoms with Gasteiger partial charge in [-0.1, -0.05) is 43.2 Å². The summed E-state index contributed by atoms with van der Waals surface area (Å²) in [6, 6.07) is 10.5. The van der Waals surface area contributed by atoms with E-state index in [-0.39, 0.29) is 11.6 Å². The first-order valence-electron chi connectivity index (χ1n) is 7.64. The fourth-order valence-corrected chi connectivity index (χ4v) is 3.37. The van der Waals surface area contributed by atoms with Gasteiger partial charge in [-0.15, -0.1) is 0 Å². The van der Waals surface area contributed by atoms with E-state index in [1.165, 1.54) is 18.4 Å². The molecule has 2 N–H and O–H groups in total. The third-order valence-corrected chi connectivity index (χ3v) is 4.53. The van der Waals surface area contributed by atoms with Crippen molar-refractivity contribution in [1.82, 2.24) is 15.5 Å². The second-order valence-electron chi connectivity index (χ2n) is 5.82. The molecule has 2 fully saturated rings. The SMILES string of the molecule is O=C(NC1(c2ccccc2)CCCC1)N1CCNCC1. The molecule has 1 aliphatic heterocycles. The van der Waals surface area contributed by atoms with Crippen LogP contribution in [-0.2, 0) is 5.54 Å². The van der Waals surface area contributed by atoms with Gasteiger partial charge in [0, 0.05) is 26.2 Å². The molecular weight excluding hydrogens is 250 g/mol. The molecule has 0 spiro atoms. The van der Waals surface area contributed by atoms with Crippen molar-refractivity contribution in [1.29, 1.82) is 0 Å². The molecule has 1 saturated carbocycles. The summed E-state index contributed by atoms with van der Waals surface area (Å²) < 4.78 is 0. The fourth-order valence-electron chi connectivity index (χ4n) is 3.37. The van der Waals surface area contributed by atoms with Crippen molar-refractivity contribution < 1.29 is 4.79 Å². The van der Waals surface area contributed by atoms with Crippen LogP contribution >= 0.6 is 0 Å². The van der Waals surface area contributed by atoms with Crippen molar-refractivity contribution in [3.05, 3.63) is 35.9 Å². The maximum Gasteiger partial charge on any atom is 0.318 e. The second kappa shape index (κ2) is 5.83. The summed E-state index contributed by atoms with van der Waals surface area (Å²) in [5.41, 5.74) is 1.10. The lowest BCUT2D eigenvalue weighted by Crippen LogP contribution is -2.55. The number of rotatable bonds is 2. The van der Waals surface area contributed by atoms with Crippen LogP contribution in [0.2, 0.25) is 0 Å². The van der Waals surface area contributed by atoms with Gasteiger partial charge in [-0.05, 0) is 18.4 Å². The maximum atomic E-state index is 12.5. The van der Waals surface area contributed by atoms with E-state index in [1.807, 2.05) is 11.0 Å². The lowest BCUT2D eigenvalue weighted by atomic mass is 9.88. The zero-order chi connectivity index (χ0) is 13.8. The highest BCUT2D eigenvalue weighted by molar-refractivity contribution is 5.75. The number of piperazine rings is 1. The molecule has 2 aliphatic rings. The summed E-state index contributed by atoms with van der Waals surface area (Å²) in [4.78, 5) is 14.4. The molecule has 20 heavy (non-hydrogen) atoms. The minimum atomic E-state index is -0.150. The van der Waals surface area contributed by atoms with Crippen LogP contribution in [0.3, 0.4) is 0 Å². The number of hydrogen-bond donors (Lipinski definition) is 2. The quantitative estimate of drug-likeness (QED) is 0.866. The molecule has 0 atom stereocenters. The third-order valence-electron chi connectivity index (χ3n) is 4.53. The average Bonchev–Trinajstić information content (AvgIpc) is 2.99. The summed E-state index contributed by atoms with van der Waals surface area (Å²) in [6.45, 7) is 3.39. The van der Waals surface area contributed by atoms with Crippen molar-refractivity contribution >= 4 is 6.03 Å². The largest absolute Gasteiger partial charge is 0.328 e. The van der Waals surface area contributed by atoms with Crippen LogP contribution in [0.15, 0.2) is 30.3 Å². The Balaban J connectivity index is 1.76. The standard InChI is InChI=1S/C16H23N3O/c20-15(19-12-10-17-11-13-19)18-16(8-4-5-9-16)14-6-2-1-3-7-14/h1-3,6-7,17H,4-5,8-13H2,(H,18,20). The highest BCUT2D eigenvalue weighted by Gasteiger charge is 2.37. The number of nitrogens with one attached hydrogen (secondary N) is 2. The number of carbonyl (C=O) groups excluding carboxylic acids is 1. The molecule has 1 saturated heterocycles. The van der Waals surface area contributed by atoms with Crippen molar-refractivity contribution in [2.45, 2.75) is 31.2 Å². The Kier molecular flexibility index (Phi) is 3.92. The average molecular weight is 273 g/mol. The highest BCUT2D eigenvalue weighted by atomic mass is 16.2. The van der Waals surface area contributed by atoms with Gasteiger partial charge in [0.05, 0.1) is 5.54 Å². The van der Waals surface area contributed by atoms with Crippen molar-refractivity contribution in [3.63, 3.8) is 0 Å². The van der Waals surface area contributed by atoms with E-state index in [0.717, 1.165) is 39.0 Å². The van der Waals surface area contributed by atoms with Gasteiger partial charge >= 0.3 is 6.03 Å². The lowest BCUT2D eigenvalue weighted by molar-refractivity contribution is 0.175. The van der Waals surface area contributed by atoms with E-state index in [4.69, 9.17) is 0 Å². The first-order valence-corrected chi connectivity index (χ1v) is 7.64. The molecule has 1 aromatic rings. The van der Waals surface area contributed by atoms with Crippen LogP contribution in [0.25, 0.3) is 0 Å². The number of hydrogen-bond acceptors (Lipinski definition) is 2. The Bertz CT molecular complexity index is 448. The second-order valence-corrected chi connectivity index (χ2v) is 5.82. The van der Waals surface area contributed by atoms with Crippen molar-refractivity contribution in [3.8, 4) is 0 Å². The van der Waals surface area contributed by atoms with Gasteiger partial charge in [0.2, 0.25) is 0 Å². The minimum absolute atomic E-state index is 0.0947. The third kappa shape index (κ3) is 2.66. The van der Waals surface area contributed by atoms with Crippen LogP contribution in [0.5, 0.6) is 0 Å². The molecule has 0 unspecified atom stereocenters. The Morgan fingerprint density at radius 3 is 2.40 bits per heavy atom. The monoisotopic (exact) mass is 273 g/mol. The van der Waals surface area contributed by atoms with E-state index in [1.54, 1.807) is 0 Å². The summed E-state index contributed by atoms with van der Waals surface area (Å²) in [5.74, 6) is 0. The molecule has 108 valence electrons. The first kappa shape index (κ1) is 13.4. The zero-order valence-electron chi connectivity index (χ0n) is 11.9. The first-order chi connectivity index (χ1) is 9.80. The van der Waals surface area contributed by atoms with E-state index >= 15 is 0 Å². The number of carbonyl (C=O) groups is 1. The van der Waals surface area contributed by atoms with Crippen LogP contribution in [0.1, 0.15) is 31.2 Å². The Hall–Kier alpha value is -1.55. The number of benzene rings is 1. The molecule has 4 nitrogen and oxygen atoms in total. The van der Waals surface area contributed by atoms with Gasteiger partial charge in [0.1, 0.15) is 0 Å². The Labute approximate surface area is 120 Å². The molecule has 4 heteroatoms. The van der Waals surface area contributed by atoms with E-state index in [2.05, 4.69) is 34.9 Å². The molecule has 1 aliphatic carbocycles. The van der Waals surface area contributed by atoms with Gasteiger partial charge in [-0.2, -0.15) is 0 Å². The predicted molar refractivity (Wildman–Crippen MR) is 79.6 cm³/mol. The van der Waals surface area contributed by atoms with Gasteiger partial charge < -0.3 is 15.5 Å². The predicted octanol–water partition coefficient (Wildman–Crippen LogP) is 2.07. The maximum absolute atomic E-state index is 12.5. The molecule has 0 radical (unpaired) electrons. The molecule has 2 amide bonds. The van der Waals surface area contributed by atoms with E-state index in [9.17, 15) is 4.79 Å². The smallest absolute Gasteiger partial charge is 0.318 e. The van der Waals surface area contributed by atoms with Crippen LogP contribution in [0.4, 0.5) is 4.79 Å². The molecule has 0 bridgehead atoms. The van der Waals surface area contributed by atoms with Crippen LogP contribution in [-0.4, -0.2) is 37.1 Å². The minimum Gasteiger partial charge on any atom is -0.328 e. The van der Waals surface area contributed by atoms with Gasteiger partial charge in [-0.25, -0.2) is 4.79 Å². The number of amides is 2. The highest BCUT2D eigenvalue weighted by Crippen LogP contribution is 2.38. The molecule has 1 aromatic carbocycles. The summed E-state index contributed by atoms with van der Waals surface area (Å²) in [6.07, 6.45) is 4.48. The lowest BCUT2D eigenvalue weighted by Gasteiger charge is -2.35. The number of urea groups is 1. The Morgan fingerprint density at radius 2 is 1.75 bits per heavy atom. The van der Waals surface area contributed by atoms with Crippen molar-refractivity contribution in [2.24, 2.45) is 0 Å². The topological polar surface area (TPSA) is 44.4 Å². The van der Waals surface area contributed by atoms with Gasteiger partial charge in [0.25, 0.3) is 0 Å². The van der Waals surface area contributed by atoms with Crippen molar-refractivity contribution in [2.75, 3.05) is 26.2 Å². The van der Waals surface area contributed by atoms with Crippen LogP contribution < -0.4 is 10.6 Å².